The number of halogens is 2. The van der Waals surface area contributed by atoms with E-state index >= 15 is 0 Å². The lowest BCUT2D eigenvalue weighted by Gasteiger charge is -2.13. The number of esters is 2. The third-order valence-electron chi connectivity index (χ3n) is 5.59. The van der Waals surface area contributed by atoms with Crippen molar-refractivity contribution in [3.05, 3.63) is 129 Å². The number of ether oxygens (including phenoxy) is 2. The molecule has 0 aromatic heterocycles. The van der Waals surface area contributed by atoms with Gasteiger partial charge in [-0.3, -0.25) is 9.59 Å². The minimum absolute atomic E-state index is 0.161. The van der Waals surface area contributed by atoms with Crippen molar-refractivity contribution < 1.29 is 28.7 Å². The molecule has 4 rings (SSSR count). The van der Waals surface area contributed by atoms with Gasteiger partial charge in [0.25, 0.3) is 0 Å². The highest BCUT2D eigenvalue weighted by atomic mass is 35.5. The largest absolute Gasteiger partial charge is 0.454 e. The molecule has 0 N–H and O–H groups in total. The maximum absolute atomic E-state index is 12.9. The molecule has 0 saturated heterocycles. The normalized spacial score (nSPS) is 10.5. The van der Waals surface area contributed by atoms with Gasteiger partial charge in [-0.15, -0.1) is 0 Å². The Balaban J connectivity index is 1.50. The first-order valence-electron chi connectivity index (χ1n) is 11.4. The molecule has 0 bridgehead atoms. The van der Waals surface area contributed by atoms with Crippen LogP contribution in [0.2, 0.25) is 10.0 Å². The van der Waals surface area contributed by atoms with E-state index in [1.165, 1.54) is 12.1 Å². The van der Waals surface area contributed by atoms with Crippen molar-refractivity contribution in [2.45, 2.75) is 0 Å². The van der Waals surface area contributed by atoms with Crippen LogP contribution in [-0.4, -0.2) is 36.7 Å². The number of Topliss-reactive ketones (excluding diaryl/α,β-unsaturated/α-hetero) is 2. The van der Waals surface area contributed by atoms with Gasteiger partial charge in [0, 0.05) is 21.2 Å². The zero-order valence-electron chi connectivity index (χ0n) is 19.9. The zero-order chi connectivity index (χ0) is 27.1. The number of carbonyl (C=O) groups is 4. The molecule has 0 unspecified atom stereocenters. The Bertz CT molecular complexity index is 1380. The van der Waals surface area contributed by atoms with Gasteiger partial charge in [-0.25, -0.2) is 9.59 Å². The molecule has 190 valence electrons. The molecule has 0 spiro atoms. The van der Waals surface area contributed by atoms with Crippen LogP contribution in [0.5, 0.6) is 0 Å². The van der Waals surface area contributed by atoms with Gasteiger partial charge in [-0.1, -0.05) is 59.6 Å². The molecular formula is C30H20Cl2O6. The highest BCUT2D eigenvalue weighted by Gasteiger charge is 2.21. The van der Waals surface area contributed by atoms with Gasteiger partial charge in [-0.2, -0.15) is 0 Å². The number of benzene rings is 4. The standard InChI is InChI=1S/C30H20Cl2O6/c31-21-13-9-19(10-14-21)27(33)17-37-29(35)25-7-3-1-5-23(25)24-6-2-4-8-26(24)30(36)38-18-28(34)20-11-15-22(32)16-12-20/h1-16H,17-18H2. The van der Waals surface area contributed by atoms with E-state index in [0.29, 0.717) is 32.3 Å². The molecule has 0 aliphatic heterocycles. The summed E-state index contributed by atoms with van der Waals surface area (Å²) in [6, 6.07) is 25.6. The number of carbonyl (C=O) groups excluding carboxylic acids is 4. The fraction of sp³-hybridized carbons (Fsp3) is 0.0667. The molecule has 0 fully saturated rings. The molecule has 0 radical (unpaired) electrons. The molecule has 4 aromatic carbocycles. The van der Waals surface area contributed by atoms with E-state index in [9.17, 15) is 19.2 Å². The van der Waals surface area contributed by atoms with Gasteiger partial charge in [0.05, 0.1) is 11.1 Å². The maximum atomic E-state index is 12.9. The Morgan fingerprint density at radius 2 is 0.842 bits per heavy atom. The van der Waals surface area contributed by atoms with E-state index in [-0.39, 0.29) is 22.7 Å². The fourth-order valence-corrected chi connectivity index (χ4v) is 3.90. The summed E-state index contributed by atoms with van der Waals surface area (Å²) in [4.78, 5) is 50.7. The van der Waals surface area contributed by atoms with E-state index in [1.807, 2.05) is 0 Å². The third-order valence-corrected chi connectivity index (χ3v) is 6.09. The minimum atomic E-state index is -0.732. The number of hydrogen-bond donors (Lipinski definition) is 0. The van der Waals surface area contributed by atoms with Crippen molar-refractivity contribution in [2.24, 2.45) is 0 Å². The third kappa shape index (κ3) is 6.54. The van der Waals surface area contributed by atoms with E-state index < -0.39 is 25.2 Å². The first-order valence-corrected chi connectivity index (χ1v) is 12.2. The molecule has 0 atom stereocenters. The Hall–Kier alpha value is -4.26. The molecule has 8 heteroatoms. The molecule has 4 aromatic rings. The average molecular weight is 547 g/mol. The number of ketones is 2. The SMILES string of the molecule is O=C(COC(=O)c1ccccc1-c1ccccc1C(=O)OCC(=O)c1ccc(Cl)cc1)c1ccc(Cl)cc1. The van der Waals surface area contributed by atoms with Crippen LogP contribution < -0.4 is 0 Å². The predicted octanol–water partition coefficient (Wildman–Crippen LogP) is 6.74. The van der Waals surface area contributed by atoms with Crippen molar-refractivity contribution in [3.8, 4) is 11.1 Å². The maximum Gasteiger partial charge on any atom is 0.339 e. The van der Waals surface area contributed by atoms with Crippen LogP contribution in [0, 0.1) is 0 Å². The summed E-state index contributed by atoms with van der Waals surface area (Å²) in [5, 5.41) is 0.970. The Morgan fingerprint density at radius 1 is 0.500 bits per heavy atom. The van der Waals surface area contributed by atoms with Crippen molar-refractivity contribution in [2.75, 3.05) is 13.2 Å². The van der Waals surface area contributed by atoms with Crippen LogP contribution in [0.3, 0.4) is 0 Å². The quantitative estimate of drug-likeness (QED) is 0.170. The summed E-state index contributed by atoms with van der Waals surface area (Å²) in [7, 11) is 0. The zero-order valence-corrected chi connectivity index (χ0v) is 21.4. The van der Waals surface area contributed by atoms with Crippen LogP contribution >= 0.6 is 23.2 Å². The van der Waals surface area contributed by atoms with Crippen LogP contribution in [-0.2, 0) is 9.47 Å². The molecular weight excluding hydrogens is 527 g/mol. The molecule has 0 aliphatic rings. The lowest BCUT2D eigenvalue weighted by molar-refractivity contribution is 0.0470. The lowest BCUT2D eigenvalue weighted by atomic mass is 9.95. The van der Waals surface area contributed by atoms with Crippen molar-refractivity contribution in [1.82, 2.24) is 0 Å². The monoisotopic (exact) mass is 546 g/mol. The molecule has 6 nitrogen and oxygen atoms in total. The van der Waals surface area contributed by atoms with Crippen LogP contribution in [0.4, 0.5) is 0 Å². The fourth-order valence-electron chi connectivity index (χ4n) is 3.65. The first kappa shape index (κ1) is 26.8. The van der Waals surface area contributed by atoms with E-state index in [4.69, 9.17) is 32.7 Å². The van der Waals surface area contributed by atoms with Crippen molar-refractivity contribution in [1.29, 1.82) is 0 Å². The van der Waals surface area contributed by atoms with Crippen molar-refractivity contribution in [3.63, 3.8) is 0 Å². The Kier molecular flexibility index (Phi) is 8.69. The summed E-state index contributed by atoms with van der Waals surface area (Å²) in [5.74, 6) is -2.24. The molecule has 38 heavy (non-hydrogen) atoms. The van der Waals surface area contributed by atoms with Gasteiger partial charge in [0.15, 0.2) is 24.8 Å². The highest BCUT2D eigenvalue weighted by Crippen LogP contribution is 2.28. The van der Waals surface area contributed by atoms with Gasteiger partial charge in [0.1, 0.15) is 0 Å². The highest BCUT2D eigenvalue weighted by molar-refractivity contribution is 6.31. The summed E-state index contributed by atoms with van der Waals surface area (Å²) in [6.07, 6.45) is 0. The topological polar surface area (TPSA) is 86.7 Å². The summed E-state index contributed by atoms with van der Waals surface area (Å²) in [5.41, 5.74) is 1.86. The second kappa shape index (κ2) is 12.3. The van der Waals surface area contributed by atoms with Crippen LogP contribution in [0.25, 0.3) is 11.1 Å². The summed E-state index contributed by atoms with van der Waals surface area (Å²) in [6.45, 7) is -0.934. The summed E-state index contributed by atoms with van der Waals surface area (Å²) >= 11 is 11.7. The van der Waals surface area contributed by atoms with Crippen LogP contribution in [0.1, 0.15) is 41.4 Å². The van der Waals surface area contributed by atoms with Crippen molar-refractivity contribution >= 4 is 46.7 Å². The van der Waals surface area contributed by atoms with Gasteiger partial charge < -0.3 is 9.47 Å². The number of hydrogen-bond acceptors (Lipinski definition) is 6. The van der Waals surface area contributed by atoms with E-state index in [0.717, 1.165) is 0 Å². The summed E-state index contributed by atoms with van der Waals surface area (Å²) < 4.78 is 10.6. The Labute approximate surface area is 228 Å². The average Bonchev–Trinajstić information content (AvgIpc) is 2.95. The van der Waals surface area contributed by atoms with E-state index in [2.05, 4.69) is 0 Å². The first-order chi connectivity index (χ1) is 18.3. The predicted molar refractivity (Wildman–Crippen MR) is 144 cm³/mol. The molecule has 0 aliphatic carbocycles. The molecule has 0 saturated carbocycles. The van der Waals surface area contributed by atoms with E-state index in [1.54, 1.807) is 84.9 Å². The Morgan fingerprint density at radius 3 is 1.21 bits per heavy atom. The second-order valence-electron chi connectivity index (χ2n) is 8.10. The van der Waals surface area contributed by atoms with Crippen LogP contribution in [0.15, 0.2) is 97.1 Å². The smallest absolute Gasteiger partial charge is 0.339 e. The second-order valence-corrected chi connectivity index (χ2v) is 8.98. The van der Waals surface area contributed by atoms with Gasteiger partial charge in [0.2, 0.25) is 0 Å². The number of rotatable bonds is 9. The van der Waals surface area contributed by atoms with Gasteiger partial charge in [-0.05, 0) is 71.8 Å². The van der Waals surface area contributed by atoms with Gasteiger partial charge >= 0.3 is 11.9 Å². The lowest BCUT2D eigenvalue weighted by Crippen LogP contribution is -2.16. The molecule has 0 heterocycles. The molecule has 0 amide bonds. The minimum Gasteiger partial charge on any atom is -0.454 e.